The fraction of sp³-hybridized carbons (Fsp3) is 0.358. The van der Waals surface area contributed by atoms with Crippen molar-refractivity contribution in [3.63, 3.8) is 0 Å². The van der Waals surface area contributed by atoms with Gasteiger partial charge in [-0.1, -0.05) is 13.3 Å². The van der Waals surface area contributed by atoms with Crippen LogP contribution in [0.5, 0.6) is 28.7 Å². The number of amides is 3. The summed E-state index contributed by atoms with van der Waals surface area (Å²) in [6.45, 7) is 4.23. The van der Waals surface area contributed by atoms with Crippen LogP contribution in [-0.4, -0.2) is 123 Å². The summed E-state index contributed by atoms with van der Waals surface area (Å²) in [5, 5.41) is 26.4. The predicted molar refractivity (Wildman–Crippen MR) is 285 cm³/mol. The Morgan fingerprint density at radius 2 is 0.868 bits per heavy atom. The Hall–Kier alpha value is -8.38. The van der Waals surface area contributed by atoms with Gasteiger partial charge in [-0.3, -0.25) is 26.1 Å². The Bertz CT molecular complexity index is 2320. The van der Waals surface area contributed by atoms with E-state index < -0.39 is 23.2 Å². The molecule has 0 aliphatic rings. The number of hydrogen-bond donors (Lipinski definition) is 5. The maximum atomic E-state index is 11.0. The summed E-state index contributed by atoms with van der Waals surface area (Å²) in [4.78, 5) is 52.4. The number of nitrogen functional groups attached to an aromatic ring is 1. The molecule has 0 fully saturated rings. The Morgan fingerprint density at radius 1 is 0.539 bits per heavy atom. The lowest BCUT2D eigenvalue weighted by molar-refractivity contribution is -0.384. The number of hydrogen-bond acceptors (Lipinski definition) is 19. The molecule has 0 saturated carbocycles. The van der Waals surface area contributed by atoms with Gasteiger partial charge in [0, 0.05) is 82.6 Å². The number of nitro groups is 1. The van der Waals surface area contributed by atoms with E-state index in [0.717, 1.165) is 42.9 Å². The van der Waals surface area contributed by atoms with E-state index in [1.807, 2.05) is 24.3 Å². The largest absolute Gasteiger partial charge is 0.508 e. The molecule has 0 aliphatic heterocycles. The molecule has 0 saturated heterocycles. The van der Waals surface area contributed by atoms with Crippen LogP contribution >= 0.6 is 0 Å². The molecule has 0 aromatic heterocycles. The predicted octanol–water partition coefficient (Wildman–Crippen LogP) is 10.1. The minimum atomic E-state index is -0.519. The first-order valence-electron chi connectivity index (χ1n) is 23.4. The van der Waals surface area contributed by atoms with Crippen LogP contribution in [0.15, 0.2) is 121 Å². The molecule has 6 N–H and O–H groups in total. The standard InChI is InChI=1S/C13H19NO5.C12H17NO3.C11H13NO4.C11H17NO3.C6H5NO3/c1-16-12(17-2)8-9-19-11-6-4-10(5-7-11)14-13(15)18-3;1-3-4-9-16-11-7-5-10(6-8-11)13-12(14)15-2;1-15-11(14)12-9-3-5-10(6-4-9)16-8-2-7-13;1-13-11(14-2)7-8-15-10-5-3-9(12)4-6-10;8-6-3-1-5(2-4-6)7(9)10/h4-7,12H,8-9H2,1-3H3,(H,14,15);5-8H,3-4,9H2,1-2H3,(H,13,14);3-7H,2,8H2,1H3,(H,12,14);3-6,11H,7-8,12H2,1-2H3;1-4,8H. The number of nitrogens with two attached hydrogens (primary N) is 1. The smallest absolute Gasteiger partial charge is 0.411 e. The molecule has 0 radical (unpaired) electrons. The molecular weight excluding hydrogens is 995 g/mol. The van der Waals surface area contributed by atoms with Gasteiger partial charge in [0.15, 0.2) is 12.6 Å². The third-order valence-electron chi connectivity index (χ3n) is 9.37. The molecule has 5 aromatic rings. The number of nitrogens with one attached hydrogen (secondary N) is 3. The van der Waals surface area contributed by atoms with E-state index in [4.69, 9.17) is 48.7 Å². The number of nitro benzene ring substituents is 1. The molecular formula is C53H71N5O18. The quantitative estimate of drug-likeness (QED) is 0.00730. The number of carbonyl (C=O) groups is 4. The van der Waals surface area contributed by atoms with E-state index >= 15 is 0 Å². The van der Waals surface area contributed by atoms with Crippen LogP contribution in [0.2, 0.25) is 0 Å². The fourth-order valence-electron chi connectivity index (χ4n) is 5.32. The van der Waals surface area contributed by atoms with Crippen LogP contribution in [0.25, 0.3) is 0 Å². The van der Waals surface area contributed by atoms with Gasteiger partial charge in [-0.25, -0.2) is 14.4 Å². The molecule has 0 atom stereocenters. The maximum Gasteiger partial charge on any atom is 0.411 e. The molecule has 0 spiro atoms. The van der Waals surface area contributed by atoms with Gasteiger partial charge < -0.3 is 67.7 Å². The molecule has 0 aliphatic carbocycles. The van der Waals surface area contributed by atoms with Crippen molar-refractivity contribution in [2.24, 2.45) is 0 Å². The molecule has 0 unspecified atom stereocenters. The lowest BCUT2D eigenvalue weighted by Gasteiger charge is -2.13. The Labute approximate surface area is 442 Å². The van der Waals surface area contributed by atoms with Crippen LogP contribution < -0.4 is 40.6 Å². The normalized spacial score (nSPS) is 9.87. The lowest BCUT2D eigenvalue weighted by atomic mass is 10.3. The maximum absolute atomic E-state index is 11.0. The van der Waals surface area contributed by atoms with E-state index in [1.54, 1.807) is 101 Å². The van der Waals surface area contributed by atoms with Gasteiger partial charge in [0.25, 0.3) is 5.69 Å². The number of methoxy groups -OCH3 is 7. The zero-order valence-corrected chi connectivity index (χ0v) is 44.1. The average Bonchev–Trinajstić information content (AvgIpc) is 3.44. The summed E-state index contributed by atoms with van der Waals surface area (Å²) >= 11 is 0. The highest BCUT2D eigenvalue weighted by Gasteiger charge is 2.08. The number of aromatic hydroxyl groups is 1. The summed E-state index contributed by atoms with van der Waals surface area (Å²) in [6, 6.07) is 33.3. The second-order valence-corrected chi connectivity index (χ2v) is 14.8. The first-order chi connectivity index (χ1) is 36.7. The van der Waals surface area contributed by atoms with Crippen molar-refractivity contribution in [3.05, 3.63) is 131 Å². The third kappa shape index (κ3) is 31.3. The van der Waals surface area contributed by atoms with Gasteiger partial charge in [0.1, 0.15) is 35.0 Å². The van der Waals surface area contributed by atoms with E-state index in [1.165, 1.54) is 45.6 Å². The Balaban J connectivity index is 0.000000480. The first-order valence-corrected chi connectivity index (χ1v) is 23.4. The van der Waals surface area contributed by atoms with Crippen LogP contribution in [-0.2, 0) is 38.0 Å². The summed E-state index contributed by atoms with van der Waals surface area (Å²) in [6.07, 6.45) is 2.68. The van der Waals surface area contributed by atoms with Crippen molar-refractivity contribution in [1.82, 2.24) is 0 Å². The molecule has 0 heterocycles. The molecule has 416 valence electrons. The Kier molecular flexibility index (Phi) is 35.4. The molecule has 76 heavy (non-hydrogen) atoms. The first kappa shape index (κ1) is 65.6. The van der Waals surface area contributed by atoms with E-state index in [0.29, 0.717) is 67.6 Å². The van der Waals surface area contributed by atoms with Gasteiger partial charge in [0.05, 0.1) is 52.7 Å². The van der Waals surface area contributed by atoms with E-state index in [9.17, 15) is 29.3 Å². The average molecular weight is 1070 g/mol. The molecule has 0 bridgehead atoms. The highest BCUT2D eigenvalue weighted by Crippen LogP contribution is 2.19. The van der Waals surface area contributed by atoms with Gasteiger partial charge in [0.2, 0.25) is 0 Å². The van der Waals surface area contributed by atoms with Gasteiger partial charge in [-0.15, -0.1) is 0 Å². The van der Waals surface area contributed by atoms with Crippen LogP contribution in [0, 0.1) is 10.1 Å². The number of nitrogens with zero attached hydrogens (tertiary/aromatic N) is 1. The number of anilines is 4. The number of non-ortho nitro benzene ring substituents is 1. The van der Waals surface area contributed by atoms with Crippen molar-refractivity contribution in [2.75, 3.05) is 97.9 Å². The molecule has 5 rings (SSSR count). The second kappa shape index (κ2) is 41.0. The number of phenolic OH excluding ortho intramolecular Hbond substituents is 1. The minimum Gasteiger partial charge on any atom is -0.508 e. The summed E-state index contributed by atoms with van der Waals surface area (Å²) < 4.78 is 55.3. The van der Waals surface area contributed by atoms with Crippen molar-refractivity contribution >= 4 is 53.0 Å². The number of rotatable bonds is 24. The zero-order valence-electron chi connectivity index (χ0n) is 44.1. The second-order valence-electron chi connectivity index (χ2n) is 14.8. The minimum absolute atomic E-state index is 0.0159. The fourth-order valence-corrected chi connectivity index (χ4v) is 5.32. The summed E-state index contributed by atoms with van der Waals surface area (Å²) in [7, 11) is 10.3. The lowest BCUT2D eigenvalue weighted by Crippen LogP contribution is -2.16. The number of carbonyl (C=O) groups excluding carboxylic acids is 4. The zero-order chi connectivity index (χ0) is 56.4. The number of aldehydes is 1. The Morgan fingerprint density at radius 3 is 1.17 bits per heavy atom. The molecule has 3 amide bonds. The molecule has 23 heteroatoms. The van der Waals surface area contributed by atoms with E-state index in [2.05, 4.69) is 37.1 Å². The van der Waals surface area contributed by atoms with E-state index in [-0.39, 0.29) is 24.0 Å². The third-order valence-corrected chi connectivity index (χ3v) is 9.37. The van der Waals surface area contributed by atoms with Gasteiger partial charge in [-0.05, 0) is 116 Å². The number of phenols is 1. The number of unbranched alkanes of at least 4 members (excludes halogenated alkanes) is 1. The van der Waals surface area contributed by atoms with Crippen LogP contribution in [0.3, 0.4) is 0 Å². The molecule has 23 nitrogen and oxygen atoms in total. The number of benzene rings is 5. The van der Waals surface area contributed by atoms with Crippen LogP contribution in [0.4, 0.5) is 42.8 Å². The SMILES string of the molecule is CCCCOc1ccc(NC(=O)OC)cc1.COC(=O)Nc1ccc(OCCC(OC)OC)cc1.COC(=O)Nc1ccc(OCCC=O)cc1.COC(CCOc1ccc(N)cc1)OC.O=[N+]([O-])c1ccc(O)cc1. The van der Waals surface area contributed by atoms with Crippen molar-refractivity contribution < 1.29 is 81.3 Å². The van der Waals surface area contributed by atoms with Crippen molar-refractivity contribution in [2.45, 2.75) is 51.6 Å². The number of ether oxygens (including phenoxy) is 11. The van der Waals surface area contributed by atoms with Gasteiger partial charge >= 0.3 is 18.3 Å². The summed E-state index contributed by atoms with van der Waals surface area (Å²) in [5.41, 5.74) is 8.22. The monoisotopic (exact) mass is 1070 g/mol. The van der Waals surface area contributed by atoms with Crippen LogP contribution in [0.1, 0.15) is 39.0 Å². The van der Waals surface area contributed by atoms with Crippen molar-refractivity contribution in [3.8, 4) is 28.7 Å². The highest BCUT2D eigenvalue weighted by atomic mass is 16.7. The highest BCUT2D eigenvalue weighted by molar-refractivity contribution is 5.85. The topological polar surface area (TPSA) is 295 Å². The molecule has 5 aromatic carbocycles. The van der Waals surface area contributed by atoms with Crippen molar-refractivity contribution in [1.29, 1.82) is 0 Å². The van der Waals surface area contributed by atoms with Gasteiger partial charge in [-0.2, -0.15) is 0 Å². The summed E-state index contributed by atoms with van der Waals surface area (Å²) in [5.74, 6) is 3.00.